The molecule has 0 aromatic carbocycles. The quantitative estimate of drug-likeness (QED) is 0.0243. The number of phosphoric ester groups is 1. The van der Waals surface area contributed by atoms with Gasteiger partial charge in [0, 0.05) is 6.42 Å². The van der Waals surface area contributed by atoms with Gasteiger partial charge in [0.05, 0.1) is 26.2 Å². The molecule has 0 aliphatic heterocycles. The Balaban J connectivity index is 4.50. The van der Waals surface area contributed by atoms with Crippen LogP contribution in [0, 0.1) is 0 Å². The van der Waals surface area contributed by atoms with Gasteiger partial charge in [0.15, 0.2) is 6.10 Å². The number of unbranched alkanes of at least 4 members (excludes halogenated alkanes) is 11. The molecule has 304 valence electrons. The molecule has 3 unspecified atom stereocenters. The van der Waals surface area contributed by atoms with Gasteiger partial charge in [-0.25, -0.2) is 4.57 Å². The van der Waals surface area contributed by atoms with E-state index in [2.05, 4.69) is 67.0 Å². The highest BCUT2D eigenvalue weighted by Gasteiger charge is 2.27. The van der Waals surface area contributed by atoms with Gasteiger partial charge >= 0.3 is 19.8 Å². The van der Waals surface area contributed by atoms with Gasteiger partial charge in [0.1, 0.15) is 12.7 Å². The summed E-state index contributed by atoms with van der Waals surface area (Å²) in [5.41, 5.74) is 0. The number of hydrogen-bond acceptors (Lipinski definition) is 9. The fourth-order valence-electron chi connectivity index (χ4n) is 4.84. The number of hydrogen-bond donors (Lipinski definition) is 3. The highest BCUT2D eigenvalue weighted by molar-refractivity contribution is 7.47. The van der Waals surface area contributed by atoms with Crippen molar-refractivity contribution >= 4 is 19.8 Å². The van der Waals surface area contributed by atoms with Crippen LogP contribution in [0.1, 0.15) is 142 Å². The van der Waals surface area contributed by atoms with Crippen molar-refractivity contribution < 1.29 is 47.8 Å². The molecule has 0 spiro atoms. The van der Waals surface area contributed by atoms with E-state index >= 15 is 0 Å². The standard InChI is InChI=1S/C42H71O10P/c1-3-5-7-9-11-13-15-17-18-19-20-22-23-25-27-29-31-33-41(45)49-37-40(38-51-53(47,48)50-36-39(44)35-43)52-42(46)34-32-30-28-26-24-21-16-14-12-10-8-6-4-2/h5,7,11,13,17-18,20,22,25,27,30,32,39-40,43-44H,3-4,6,8-10,12,14-16,19,21,23-24,26,28-29,31,33-38H2,1-2H3,(H,47,48). The van der Waals surface area contributed by atoms with E-state index in [-0.39, 0.29) is 19.4 Å². The van der Waals surface area contributed by atoms with E-state index in [1.54, 1.807) is 6.08 Å². The molecule has 0 radical (unpaired) electrons. The van der Waals surface area contributed by atoms with E-state index in [9.17, 15) is 24.2 Å². The molecule has 0 aromatic rings. The summed E-state index contributed by atoms with van der Waals surface area (Å²) in [5.74, 6) is -1.10. The van der Waals surface area contributed by atoms with Crippen LogP contribution in [0.4, 0.5) is 0 Å². The molecule has 0 aliphatic carbocycles. The van der Waals surface area contributed by atoms with E-state index in [0.29, 0.717) is 12.8 Å². The highest BCUT2D eigenvalue weighted by atomic mass is 31.2. The second-order valence-electron chi connectivity index (χ2n) is 12.9. The highest BCUT2D eigenvalue weighted by Crippen LogP contribution is 2.43. The first-order chi connectivity index (χ1) is 25.7. The molecule has 0 aliphatic rings. The number of esters is 2. The van der Waals surface area contributed by atoms with Crippen molar-refractivity contribution in [1.29, 1.82) is 0 Å². The van der Waals surface area contributed by atoms with Crippen molar-refractivity contribution in [3.63, 3.8) is 0 Å². The van der Waals surface area contributed by atoms with Gasteiger partial charge in [-0.05, 0) is 57.8 Å². The Morgan fingerprint density at radius 1 is 0.604 bits per heavy atom. The van der Waals surface area contributed by atoms with Crippen LogP contribution in [0.15, 0.2) is 72.9 Å². The van der Waals surface area contributed by atoms with Crippen molar-refractivity contribution in [2.24, 2.45) is 0 Å². The van der Waals surface area contributed by atoms with Crippen LogP contribution in [-0.2, 0) is 32.7 Å². The molecule has 3 atom stereocenters. The first kappa shape index (κ1) is 50.4. The van der Waals surface area contributed by atoms with E-state index in [1.165, 1.54) is 51.4 Å². The molecule has 11 heteroatoms. The van der Waals surface area contributed by atoms with Gasteiger partial charge in [0.2, 0.25) is 0 Å². The van der Waals surface area contributed by atoms with Crippen LogP contribution in [-0.4, -0.2) is 65.7 Å². The minimum Gasteiger partial charge on any atom is -0.462 e. The summed E-state index contributed by atoms with van der Waals surface area (Å²) in [6, 6.07) is 0. The number of aliphatic hydroxyl groups excluding tert-OH is 2. The molecule has 10 nitrogen and oxygen atoms in total. The van der Waals surface area contributed by atoms with Gasteiger partial charge in [0.25, 0.3) is 0 Å². The van der Waals surface area contributed by atoms with Crippen LogP contribution in [0.3, 0.4) is 0 Å². The Morgan fingerprint density at radius 2 is 1.09 bits per heavy atom. The second-order valence-corrected chi connectivity index (χ2v) is 14.4. The second kappa shape index (κ2) is 37.7. The largest absolute Gasteiger partial charge is 0.472 e. The normalized spacial score (nSPS) is 14.7. The zero-order valence-corrected chi connectivity index (χ0v) is 33.6. The maximum Gasteiger partial charge on any atom is 0.472 e. The molecule has 0 saturated heterocycles. The summed E-state index contributed by atoms with van der Waals surface area (Å²) in [5, 5.41) is 18.3. The fraction of sp³-hybridized carbons (Fsp3) is 0.667. The van der Waals surface area contributed by atoms with Crippen molar-refractivity contribution in [3.05, 3.63) is 72.9 Å². The average Bonchev–Trinajstić information content (AvgIpc) is 3.14. The summed E-state index contributed by atoms with van der Waals surface area (Å²) in [6.45, 7) is 2.11. The number of allylic oxidation sites excluding steroid dienone is 11. The van der Waals surface area contributed by atoms with Gasteiger partial charge in [-0.15, -0.1) is 0 Å². The number of ether oxygens (including phenoxy) is 2. The Kier molecular flexibility index (Phi) is 35.9. The minimum absolute atomic E-state index is 0.00850. The van der Waals surface area contributed by atoms with Gasteiger partial charge in [-0.3, -0.25) is 18.6 Å². The first-order valence-electron chi connectivity index (χ1n) is 19.9. The van der Waals surface area contributed by atoms with Gasteiger partial charge in [-0.1, -0.05) is 145 Å². The maximum atomic E-state index is 12.5. The molecule has 0 bridgehead atoms. The molecular weight excluding hydrogens is 695 g/mol. The number of aliphatic hydroxyl groups is 2. The van der Waals surface area contributed by atoms with Crippen molar-refractivity contribution in [2.75, 3.05) is 26.4 Å². The fourth-order valence-corrected chi connectivity index (χ4v) is 5.63. The van der Waals surface area contributed by atoms with Gasteiger partial charge < -0.3 is 24.6 Å². The number of phosphoric acid groups is 1. The third-order valence-electron chi connectivity index (χ3n) is 7.88. The average molecular weight is 767 g/mol. The summed E-state index contributed by atoms with van der Waals surface area (Å²) in [7, 11) is -4.64. The molecule has 0 saturated carbocycles. The number of carbonyl (C=O) groups excluding carboxylic acids is 2. The molecule has 53 heavy (non-hydrogen) atoms. The molecule has 0 rings (SSSR count). The van der Waals surface area contributed by atoms with Crippen molar-refractivity contribution in [3.8, 4) is 0 Å². The lowest BCUT2D eigenvalue weighted by molar-refractivity contribution is -0.160. The SMILES string of the molecule is CCC=CCC=CCC=CCC=CCC=CCCCC(=O)OCC(COP(=O)(O)OCC(O)CO)OC(=O)CC=CCCCCCCCCCCCC. The molecule has 3 N–H and O–H groups in total. The molecule has 0 heterocycles. The Hall–Kier alpha value is -2.59. The summed E-state index contributed by atoms with van der Waals surface area (Å²) in [4.78, 5) is 34.8. The summed E-state index contributed by atoms with van der Waals surface area (Å²) >= 11 is 0. The van der Waals surface area contributed by atoms with E-state index < -0.39 is 51.8 Å². The van der Waals surface area contributed by atoms with Crippen LogP contribution in [0.2, 0.25) is 0 Å². The van der Waals surface area contributed by atoms with E-state index in [4.69, 9.17) is 19.1 Å². The summed E-state index contributed by atoms with van der Waals surface area (Å²) in [6.07, 6.45) is 41.9. The molecule has 0 aromatic heterocycles. The van der Waals surface area contributed by atoms with Crippen LogP contribution < -0.4 is 0 Å². The van der Waals surface area contributed by atoms with E-state index in [1.807, 2.05) is 18.2 Å². The Morgan fingerprint density at radius 3 is 1.66 bits per heavy atom. The predicted octanol–water partition coefficient (Wildman–Crippen LogP) is 10.1. The monoisotopic (exact) mass is 766 g/mol. The first-order valence-corrected chi connectivity index (χ1v) is 21.4. The van der Waals surface area contributed by atoms with Crippen LogP contribution in [0.5, 0.6) is 0 Å². The van der Waals surface area contributed by atoms with E-state index in [0.717, 1.165) is 51.4 Å². The number of carbonyl (C=O) groups is 2. The lowest BCUT2D eigenvalue weighted by Crippen LogP contribution is -2.29. The maximum absolute atomic E-state index is 12.5. The third kappa shape index (κ3) is 37.5. The molecular formula is C42H71O10P. The zero-order chi connectivity index (χ0) is 39.1. The third-order valence-corrected chi connectivity index (χ3v) is 8.83. The van der Waals surface area contributed by atoms with Crippen molar-refractivity contribution in [1.82, 2.24) is 0 Å². The van der Waals surface area contributed by atoms with Crippen molar-refractivity contribution in [2.45, 2.75) is 154 Å². The Bertz CT molecular complexity index is 1110. The zero-order valence-electron chi connectivity index (χ0n) is 32.7. The Labute approximate surface area is 320 Å². The summed E-state index contributed by atoms with van der Waals surface area (Å²) < 4.78 is 32.5. The number of rotatable bonds is 36. The lowest BCUT2D eigenvalue weighted by Gasteiger charge is -2.20. The van der Waals surface area contributed by atoms with Crippen LogP contribution >= 0.6 is 7.82 Å². The molecule has 0 fully saturated rings. The smallest absolute Gasteiger partial charge is 0.462 e. The lowest BCUT2D eigenvalue weighted by atomic mass is 10.1. The topological polar surface area (TPSA) is 149 Å². The molecule has 0 amide bonds. The predicted molar refractivity (Wildman–Crippen MR) is 214 cm³/mol. The minimum atomic E-state index is -4.64. The van der Waals surface area contributed by atoms with Crippen LogP contribution in [0.25, 0.3) is 0 Å². The van der Waals surface area contributed by atoms with Gasteiger partial charge in [-0.2, -0.15) is 0 Å².